The van der Waals surface area contributed by atoms with Crippen LogP contribution < -0.4 is 0 Å². The molecule has 1 fully saturated rings. The molecule has 1 heterocycles. The van der Waals surface area contributed by atoms with Gasteiger partial charge in [-0.05, 0) is 30.5 Å². The summed E-state index contributed by atoms with van der Waals surface area (Å²) in [7, 11) is 0. The average molecular weight is 327 g/mol. The van der Waals surface area contributed by atoms with E-state index in [1.54, 1.807) is 12.1 Å². The second-order valence-corrected chi connectivity index (χ2v) is 6.26. The molecule has 3 rings (SSSR count). The van der Waals surface area contributed by atoms with Crippen molar-refractivity contribution in [2.45, 2.75) is 44.1 Å². The zero-order valence-corrected chi connectivity index (χ0v) is 12.9. The monoisotopic (exact) mass is 326 g/mol. The number of halogens is 2. The first-order valence-electron chi connectivity index (χ1n) is 7.08. The van der Waals surface area contributed by atoms with Crippen LogP contribution in [0.3, 0.4) is 0 Å². The maximum Gasteiger partial charge on any atom is 0.232 e. The molecule has 2 unspecified atom stereocenters. The van der Waals surface area contributed by atoms with Crippen molar-refractivity contribution in [3.63, 3.8) is 0 Å². The first-order chi connectivity index (χ1) is 10.1. The van der Waals surface area contributed by atoms with E-state index in [4.69, 9.17) is 27.7 Å². The number of nitrogens with zero attached hydrogens (tertiary/aromatic N) is 2. The van der Waals surface area contributed by atoms with Crippen molar-refractivity contribution in [3.8, 4) is 0 Å². The van der Waals surface area contributed by atoms with Crippen molar-refractivity contribution in [2.75, 3.05) is 0 Å². The van der Waals surface area contributed by atoms with E-state index in [9.17, 15) is 5.11 Å². The molecule has 0 radical (unpaired) electrons. The summed E-state index contributed by atoms with van der Waals surface area (Å²) < 4.78 is 5.32. The summed E-state index contributed by atoms with van der Waals surface area (Å²) in [6, 6.07) is 5.34. The van der Waals surface area contributed by atoms with Crippen molar-refractivity contribution in [2.24, 2.45) is 0 Å². The van der Waals surface area contributed by atoms with Gasteiger partial charge in [-0.15, -0.1) is 0 Å². The van der Waals surface area contributed by atoms with Gasteiger partial charge in [0, 0.05) is 16.5 Å². The Labute approximate surface area is 133 Å². The van der Waals surface area contributed by atoms with E-state index in [0.29, 0.717) is 28.2 Å². The van der Waals surface area contributed by atoms with Crippen LogP contribution in [-0.4, -0.2) is 21.4 Å². The molecule has 0 amide bonds. The first-order valence-corrected chi connectivity index (χ1v) is 7.83. The summed E-state index contributed by atoms with van der Waals surface area (Å²) in [5.41, 5.74) is 0.901. The number of hydrogen-bond acceptors (Lipinski definition) is 4. The van der Waals surface area contributed by atoms with Crippen LogP contribution >= 0.6 is 23.2 Å². The Morgan fingerprint density at radius 1 is 1.24 bits per heavy atom. The van der Waals surface area contributed by atoms with E-state index < -0.39 is 0 Å². The van der Waals surface area contributed by atoms with Gasteiger partial charge in [-0.1, -0.05) is 47.3 Å². The summed E-state index contributed by atoms with van der Waals surface area (Å²) in [5, 5.41) is 15.2. The number of aromatic nitrogens is 2. The normalized spacial score (nSPS) is 22.4. The molecule has 0 bridgehead atoms. The molecule has 21 heavy (non-hydrogen) atoms. The Hall–Kier alpha value is -1.10. The smallest absolute Gasteiger partial charge is 0.232 e. The molecule has 1 saturated carbocycles. The zero-order valence-electron chi connectivity index (χ0n) is 11.4. The molecule has 1 aromatic heterocycles. The molecule has 4 nitrogen and oxygen atoms in total. The maximum absolute atomic E-state index is 10.0. The molecule has 0 saturated heterocycles. The molecule has 6 heteroatoms. The Morgan fingerprint density at radius 2 is 2.05 bits per heavy atom. The van der Waals surface area contributed by atoms with E-state index in [-0.39, 0.29) is 12.0 Å². The van der Waals surface area contributed by atoms with Crippen LogP contribution in [0.2, 0.25) is 10.0 Å². The molecular weight excluding hydrogens is 311 g/mol. The quantitative estimate of drug-likeness (QED) is 0.926. The summed E-state index contributed by atoms with van der Waals surface area (Å²) in [6.45, 7) is 0. The number of aliphatic hydroxyl groups excluding tert-OH is 1. The highest BCUT2D eigenvalue weighted by molar-refractivity contribution is 6.35. The van der Waals surface area contributed by atoms with Gasteiger partial charge in [-0.3, -0.25) is 0 Å². The lowest BCUT2D eigenvalue weighted by Crippen LogP contribution is -2.22. The van der Waals surface area contributed by atoms with E-state index >= 15 is 0 Å². The Kier molecular flexibility index (Phi) is 4.48. The fourth-order valence-corrected chi connectivity index (χ4v) is 3.20. The zero-order chi connectivity index (χ0) is 14.8. The number of rotatable bonds is 3. The minimum atomic E-state index is -0.383. The molecular formula is C15H16Cl2N2O2. The van der Waals surface area contributed by atoms with E-state index in [1.165, 1.54) is 0 Å². The van der Waals surface area contributed by atoms with Gasteiger partial charge in [0.15, 0.2) is 5.82 Å². The number of benzene rings is 1. The third-order valence-corrected chi connectivity index (χ3v) is 4.48. The van der Waals surface area contributed by atoms with Crippen LogP contribution in [0.1, 0.15) is 48.9 Å². The lowest BCUT2D eigenvalue weighted by molar-refractivity contribution is 0.0908. The first kappa shape index (κ1) is 14.8. The van der Waals surface area contributed by atoms with Gasteiger partial charge in [0.25, 0.3) is 0 Å². The van der Waals surface area contributed by atoms with Gasteiger partial charge >= 0.3 is 0 Å². The van der Waals surface area contributed by atoms with Crippen molar-refractivity contribution in [1.82, 2.24) is 10.1 Å². The third kappa shape index (κ3) is 3.39. The fourth-order valence-electron chi connectivity index (χ4n) is 2.72. The standard InChI is InChI=1S/C15H16Cl2N2O2/c16-10-6-5-9(12(17)8-10)7-14-18-15(21-19-14)11-3-1-2-4-13(11)20/h5-6,8,11,13,20H,1-4,7H2. The van der Waals surface area contributed by atoms with Crippen LogP contribution in [0.25, 0.3) is 0 Å². The summed E-state index contributed by atoms with van der Waals surface area (Å²) in [4.78, 5) is 4.41. The summed E-state index contributed by atoms with van der Waals surface area (Å²) in [6.07, 6.45) is 3.94. The largest absolute Gasteiger partial charge is 0.392 e. The van der Waals surface area contributed by atoms with Crippen LogP contribution in [0, 0.1) is 0 Å². The Balaban J connectivity index is 1.75. The molecule has 2 aromatic rings. The maximum atomic E-state index is 10.0. The van der Waals surface area contributed by atoms with Gasteiger partial charge in [0.1, 0.15) is 0 Å². The lowest BCUT2D eigenvalue weighted by atomic mass is 9.86. The van der Waals surface area contributed by atoms with Gasteiger partial charge in [0.2, 0.25) is 5.89 Å². The average Bonchev–Trinajstić information content (AvgIpc) is 2.91. The van der Waals surface area contributed by atoms with Gasteiger partial charge < -0.3 is 9.63 Å². The lowest BCUT2D eigenvalue weighted by Gasteiger charge is -2.24. The predicted octanol–water partition coefficient (Wildman–Crippen LogP) is 3.99. The van der Waals surface area contributed by atoms with E-state index in [2.05, 4.69) is 10.1 Å². The summed E-state index contributed by atoms with van der Waals surface area (Å²) >= 11 is 12.0. The molecule has 112 valence electrons. The minimum absolute atomic E-state index is 0.0410. The van der Waals surface area contributed by atoms with Crippen LogP contribution in [0.5, 0.6) is 0 Å². The van der Waals surface area contributed by atoms with Crippen molar-refractivity contribution >= 4 is 23.2 Å². The molecule has 1 N–H and O–H groups in total. The highest BCUT2D eigenvalue weighted by Crippen LogP contribution is 2.32. The molecule has 0 aliphatic heterocycles. The van der Waals surface area contributed by atoms with Crippen molar-refractivity contribution in [3.05, 3.63) is 45.5 Å². The highest BCUT2D eigenvalue weighted by Gasteiger charge is 2.29. The van der Waals surface area contributed by atoms with Crippen LogP contribution in [-0.2, 0) is 6.42 Å². The SMILES string of the molecule is OC1CCCCC1c1nc(Cc2ccc(Cl)cc2Cl)no1. The molecule has 1 aliphatic carbocycles. The molecule has 1 aliphatic rings. The predicted molar refractivity (Wildman–Crippen MR) is 80.8 cm³/mol. The van der Waals surface area contributed by atoms with Crippen molar-refractivity contribution < 1.29 is 9.63 Å². The van der Waals surface area contributed by atoms with E-state index in [0.717, 1.165) is 31.2 Å². The Bertz CT molecular complexity index is 630. The third-order valence-electron chi connectivity index (χ3n) is 3.89. The second kappa shape index (κ2) is 6.34. The van der Waals surface area contributed by atoms with Gasteiger partial charge in [0.05, 0.1) is 12.0 Å². The number of hydrogen-bond donors (Lipinski definition) is 1. The molecule has 0 spiro atoms. The Morgan fingerprint density at radius 3 is 2.81 bits per heavy atom. The van der Waals surface area contributed by atoms with Crippen molar-refractivity contribution in [1.29, 1.82) is 0 Å². The van der Waals surface area contributed by atoms with Gasteiger partial charge in [-0.2, -0.15) is 4.98 Å². The fraction of sp³-hybridized carbons (Fsp3) is 0.467. The number of aliphatic hydroxyl groups is 1. The van der Waals surface area contributed by atoms with Crippen LogP contribution in [0.4, 0.5) is 0 Å². The highest BCUT2D eigenvalue weighted by atomic mass is 35.5. The second-order valence-electron chi connectivity index (χ2n) is 5.42. The topological polar surface area (TPSA) is 59.2 Å². The summed E-state index contributed by atoms with van der Waals surface area (Å²) in [5.74, 6) is 1.06. The van der Waals surface area contributed by atoms with Gasteiger partial charge in [-0.25, -0.2) is 0 Å². The molecule has 2 atom stereocenters. The molecule has 1 aromatic carbocycles. The van der Waals surface area contributed by atoms with E-state index in [1.807, 2.05) is 6.07 Å². The minimum Gasteiger partial charge on any atom is -0.392 e. The van der Waals surface area contributed by atoms with Crippen LogP contribution in [0.15, 0.2) is 22.7 Å².